The van der Waals surface area contributed by atoms with Crippen LogP contribution in [0.5, 0.6) is 0 Å². The van der Waals surface area contributed by atoms with Gasteiger partial charge in [0, 0.05) is 13.0 Å². The number of rotatable bonds is 2. The lowest BCUT2D eigenvalue weighted by molar-refractivity contribution is -0.138. The van der Waals surface area contributed by atoms with E-state index in [9.17, 15) is 14.7 Å². The average molecular weight is 263 g/mol. The molecule has 1 fully saturated rings. The zero-order chi connectivity index (χ0) is 13.6. The van der Waals surface area contributed by atoms with Crippen molar-refractivity contribution in [1.29, 1.82) is 0 Å². The summed E-state index contributed by atoms with van der Waals surface area (Å²) < 4.78 is 10.8. The van der Waals surface area contributed by atoms with E-state index in [0.717, 1.165) is 0 Å². The number of carbonyl (C=O) groups is 2. The van der Waals surface area contributed by atoms with Gasteiger partial charge in [-0.2, -0.15) is 0 Å². The number of hydrogen-bond donors (Lipinski definition) is 1. The predicted octanol–water partition coefficient (Wildman–Crippen LogP) is 1.44. The summed E-state index contributed by atoms with van der Waals surface area (Å²) in [5, 5.41) is 9.94. The largest absolute Gasteiger partial charge is 0.501 e. The molecule has 1 amide bonds. The van der Waals surface area contributed by atoms with E-state index in [-0.39, 0.29) is 11.8 Å². The fourth-order valence-electron chi connectivity index (χ4n) is 2.37. The smallest absolute Gasteiger partial charge is 0.253 e. The highest BCUT2D eigenvalue weighted by Crippen LogP contribution is 2.40. The second-order valence-electron chi connectivity index (χ2n) is 4.74. The van der Waals surface area contributed by atoms with E-state index in [0.29, 0.717) is 25.1 Å². The third-order valence-electron chi connectivity index (χ3n) is 3.46. The van der Waals surface area contributed by atoms with Crippen molar-refractivity contribution < 1.29 is 23.8 Å². The van der Waals surface area contributed by atoms with Gasteiger partial charge < -0.3 is 14.3 Å². The Balaban J connectivity index is 1.97. The van der Waals surface area contributed by atoms with Gasteiger partial charge in [0.15, 0.2) is 5.76 Å². The SMILES string of the molecule is CC1(c2ccco2)OC(N2CCCC2=O)=C(O)C1=O. The van der Waals surface area contributed by atoms with E-state index >= 15 is 0 Å². The van der Waals surface area contributed by atoms with Crippen LogP contribution in [0.3, 0.4) is 0 Å². The van der Waals surface area contributed by atoms with E-state index in [1.807, 2.05) is 0 Å². The molecule has 0 bridgehead atoms. The minimum absolute atomic E-state index is 0.0635. The maximum Gasteiger partial charge on any atom is 0.253 e. The second kappa shape index (κ2) is 3.88. The molecule has 3 rings (SSSR count). The van der Waals surface area contributed by atoms with Crippen LogP contribution in [0.2, 0.25) is 0 Å². The van der Waals surface area contributed by atoms with Gasteiger partial charge in [0.2, 0.25) is 23.2 Å². The van der Waals surface area contributed by atoms with Gasteiger partial charge in [0.25, 0.3) is 5.78 Å². The Morgan fingerprint density at radius 2 is 2.21 bits per heavy atom. The summed E-state index contributed by atoms with van der Waals surface area (Å²) >= 11 is 0. The van der Waals surface area contributed by atoms with Crippen molar-refractivity contribution in [3.63, 3.8) is 0 Å². The molecule has 1 aromatic rings. The quantitative estimate of drug-likeness (QED) is 0.873. The molecule has 1 aromatic heterocycles. The molecule has 1 unspecified atom stereocenters. The standard InChI is InChI=1S/C13H13NO5/c1-13(8-4-3-7-18-8)11(17)10(16)12(19-13)14-6-2-5-9(14)15/h3-4,7,16H,2,5-6H2,1H3. The van der Waals surface area contributed by atoms with Crippen molar-refractivity contribution in [2.45, 2.75) is 25.4 Å². The van der Waals surface area contributed by atoms with Crippen LogP contribution < -0.4 is 0 Å². The van der Waals surface area contributed by atoms with Crippen molar-refractivity contribution in [2.24, 2.45) is 0 Å². The highest BCUT2D eigenvalue weighted by Gasteiger charge is 2.52. The highest BCUT2D eigenvalue weighted by atomic mass is 16.6. The van der Waals surface area contributed by atoms with Crippen molar-refractivity contribution in [2.75, 3.05) is 6.54 Å². The Morgan fingerprint density at radius 3 is 2.79 bits per heavy atom. The molecule has 2 aliphatic heterocycles. The van der Waals surface area contributed by atoms with Crippen LogP contribution >= 0.6 is 0 Å². The molecule has 0 aromatic carbocycles. The van der Waals surface area contributed by atoms with Crippen LogP contribution in [0.15, 0.2) is 34.5 Å². The van der Waals surface area contributed by atoms with Gasteiger partial charge in [-0.25, -0.2) is 0 Å². The lowest BCUT2D eigenvalue weighted by Gasteiger charge is -2.23. The van der Waals surface area contributed by atoms with E-state index in [2.05, 4.69) is 0 Å². The molecule has 2 aliphatic rings. The number of aliphatic hydroxyl groups is 1. The van der Waals surface area contributed by atoms with Gasteiger partial charge in [-0.15, -0.1) is 0 Å². The molecule has 6 nitrogen and oxygen atoms in total. The highest BCUT2D eigenvalue weighted by molar-refractivity contribution is 6.02. The third-order valence-corrected chi connectivity index (χ3v) is 3.46. The molecule has 100 valence electrons. The summed E-state index contributed by atoms with van der Waals surface area (Å²) in [6, 6.07) is 3.23. The fraction of sp³-hybridized carbons (Fsp3) is 0.385. The Bertz CT molecular complexity index is 574. The molecule has 1 N–H and O–H groups in total. The van der Waals surface area contributed by atoms with Crippen LogP contribution in [0.4, 0.5) is 0 Å². The van der Waals surface area contributed by atoms with Gasteiger partial charge in [0.05, 0.1) is 6.26 Å². The maximum atomic E-state index is 12.2. The Kier molecular flexibility index (Phi) is 2.41. The van der Waals surface area contributed by atoms with Crippen molar-refractivity contribution in [3.05, 3.63) is 35.8 Å². The minimum atomic E-state index is -1.41. The number of likely N-dealkylation sites (tertiary alicyclic amines) is 1. The Hall–Kier alpha value is -2.24. The summed E-state index contributed by atoms with van der Waals surface area (Å²) in [5.41, 5.74) is -1.41. The Labute approximate surface area is 109 Å². The molecular formula is C13H13NO5. The number of nitrogens with zero attached hydrogens (tertiary/aromatic N) is 1. The first-order chi connectivity index (χ1) is 9.04. The number of furan rings is 1. The third kappa shape index (κ3) is 1.56. The maximum absolute atomic E-state index is 12.2. The lowest BCUT2D eigenvalue weighted by atomic mass is 9.98. The first kappa shape index (κ1) is 11.8. The molecule has 1 atom stereocenters. The van der Waals surface area contributed by atoms with Crippen LogP contribution in [-0.2, 0) is 19.9 Å². The summed E-state index contributed by atoms with van der Waals surface area (Å²) in [6.07, 6.45) is 2.50. The molecular weight excluding hydrogens is 250 g/mol. The number of aliphatic hydroxyl groups excluding tert-OH is 1. The molecule has 0 aliphatic carbocycles. The van der Waals surface area contributed by atoms with Crippen LogP contribution in [-0.4, -0.2) is 28.2 Å². The molecule has 0 saturated carbocycles. The second-order valence-corrected chi connectivity index (χ2v) is 4.74. The molecule has 1 saturated heterocycles. The summed E-state index contributed by atoms with van der Waals surface area (Å²) in [4.78, 5) is 25.2. The number of ketones is 1. The monoisotopic (exact) mass is 263 g/mol. The van der Waals surface area contributed by atoms with E-state index in [1.54, 1.807) is 12.1 Å². The summed E-state index contributed by atoms with van der Waals surface area (Å²) in [7, 11) is 0. The van der Waals surface area contributed by atoms with Crippen molar-refractivity contribution in [1.82, 2.24) is 4.90 Å². The number of ether oxygens (including phenoxy) is 1. The van der Waals surface area contributed by atoms with Crippen LogP contribution in [0.25, 0.3) is 0 Å². The summed E-state index contributed by atoms with van der Waals surface area (Å²) in [6.45, 7) is 1.96. The van der Waals surface area contributed by atoms with E-state index in [1.165, 1.54) is 18.1 Å². The number of carbonyl (C=O) groups excluding carboxylic acids is 2. The van der Waals surface area contributed by atoms with Crippen LogP contribution in [0.1, 0.15) is 25.5 Å². The zero-order valence-corrected chi connectivity index (χ0v) is 10.4. The van der Waals surface area contributed by atoms with Gasteiger partial charge in [-0.3, -0.25) is 14.5 Å². The van der Waals surface area contributed by atoms with Gasteiger partial charge in [-0.05, 0) is 25.5 Å². The average Bonchev–Trinajstić information content (AvgIpc) is 3.08. The zero-order valence-electron chi connectivity index (χ0n) is 10.4. The lowest BCUT2D eigenvalue weighted by Crippen LogP contribution is -2.32. The topological polar surface area (TPSA) is 80.0 Å². The number of hydrogen-bond acceptors (Lipinski definition) is 5. The molecule has 3 heterocycles. The molecule has 6 heteroatoms. The van der Waals surface area contributed by atoms with Gasteiger partial charge in [0.1, 0.15) is 0 Å². The van der Waals surface area contributed by atoms with E-state index < -0.39 is 17.1 Å². The number of amides is 1. The molecule has 0 radical (unpaired) electrons. The molecule has 19 heavy (non-hydrogen) atoms. The van der Waals surface area contributed by atoms with Crippen LogP contribution in [0, 0.1) is 0 Å². The fourth-order valence-corrected chi connectivity index (χ4v) is 2.37. The van der Waals surface area contributed by atoms with Crippen molar-refractivity contribution in [3.8, 4) is 0 Å². The Morgan fingerprint density at radius 1 is 1.42 bits per heavy atom. The van der Waals surface area contributed by atoms with E-state index in [4.69, 9.17) is 9.15 Å². The predicted molar refractivity (Wildman–Crippen MR) is 62.8 cm³/mol. The summed E-state index contributed by atoms with van der Waals surface area (Å²) in [5.74, 6) is -1.04. The molecule has 0 spiro atoms. The van der Waals surface area contributed by atoms with Gasteiger partial charge in [-0.1, -0.05) is 0 Å². The van der Waals surface area contributed by atoms with Crippen molar-refractivity contribution >= 4 is 11.7 Å². The first-order valence-electron chi connectivity index (χ1n) is 6.05. The van der Waals surface area contributed by atoms with Gasteiger partial charge >= 0.3 is 0 Å². The normalized spacial score (nSPS) is 27.3. The minimum Gasteiger partial charge on any atom is -0.501 e. The number of Topliss-reactive ketones (excluding diaryl/α,β-unsaturated/α-hetero) is 1. The first-order valence-corrected chi connectivity index (χ1v) is 6.05.